The number of hydrogen-bond donors (Lipinski definition) is 0. The van der Waals surface area contributed by atoms with Crippen LogP contribution >= 0.6 is 43.2 Å². The van der Waals surface area contributed by atoms with Gasteiger partial charge < -0.3 is 0 Å². The predicted octanol–water partition coefficient (Wildman–Crippen LogP) is 7.91. The molecule has 0 aliphatic carbocycles. The second kappa shape index (κ2) is 9.51. The lowest BCUT2D eigenvalue weighted by atomic mass is 10.2. The summed E-state index contributed by atoms with van der Waals surface area (Å²) in [6, 6.07) is 23.0. The molecule has 4 rings (SSSR count). The van der Waals surface area contributed by atoms with Crippen LogP contribution in [-0.2, 0) is 10.0 Å². The third kappa shape index (κ3) is 5.01. The Hall–Kier alpha value is -1.93. The van der Waals surface area contributed by atoms with Crippen LogP contribution in [-0.4, -0.2) is 15.0 Å². The highest BCUT2D eigenvalue weighted by Crippen LogP contribution is 2.33. The number of hydrogen-bond acceptors (Lipinski definition) is 3. The Morgan fingerprint density at radius 1 is 1.00 bits per heavy atom. The van der Waals surface area contributed by atoms with Gasteiger partial charge in [0.05, 0.1) is 17.1 Å². The van der Waals surface area contributed by atoms with Crippen molar-refractivity contribution in [1.29, 1.82) is 0 Å². The van der Waals surface area contributed by atoms with Crippen LogP contribution < -0.4 is 4.31 Å². The molecule has 3 aromatic carbocycles. The first-order valence-corrected chi connectivity index (χ1v) is 13.8. The van der Waals surface area contributed by atoms with Crippen molar-refractivity contribution in [3.8, 4) is 0 Å². The van der Waals surface area contributed by atoms with E-state index in [9.17, 15) is 8.42 Å². The number of nitrogens with zero attached hydrogens (tertiary/aromatic N) is 1. The summed E-state index contributed by atoms with van der Waals surface area (Å²) in [7, 11) is -3.78. The molecule has 0 atom stereocenters. The van der Waals surface area contributed by atoms with Gasteiger partial charge in [-0.1, -0.05) is 73.8 Å². The second-order valence-electron chi connectivity index (χ2n) is 7.53. The van der Waals surface area contributed by atoms with Gasteiger partial charge in [0, 0.05) is 18.5 Å². The minimum atomic E-state index is -3.78. The number of benzene rings is 3. The Morgan fingerprint density at radius 2 is 1.72 bits per heavy atom. The molecule has 0 radical (unpaired) electrons. The maximum atomic E-state index is 13.7. The minimum absolute atomic E-state index is 0.182. The second-order valence-corrected chi connectivity index (χ2v) is 12.4. The van der Waals surface area contributed by atoms with Gasteiger partial charge in [-0.3, -0.25) is 4.31 Å². The molecule has 0 saturated heterocycles. The summed E-state index contributed by atoms with van der Waals surface area (Å²) >= 11 is 8.81. The number of thiophene rings is 1. The molecule has 0 aliphatic heterocycles. The lowest BCUT2D eigenvalue weighted by Crippen LogP contribution is -2.32. The molecule has 7 heteroatoms. The van der Waals surface area contributed by atoms with Crippen LogP contribution in [0.2, 0.25) is 0 Å². The predicted molar refractivity (Wildman–Crippen MR) is 143 cm³/mol. The molecule has 0 spiro atoms. The molecular formula is C25H21Br2NO2S2. The highest BCUT2D eigenvalue weighted by molar-refractivity contribution is 9.11. The Kier molecular flexibility index (Phi) is 6.91. The SMILES string of the molecule is Cc1ccc(S(=O)(=O)N(C/C(Br)=C/c2cc3ccccc3s2)c2cc(Br)ccc2C)cc1. The first kappa shape index (κ1) is 23.2. The van der Waals surface area contributed by atoms with E-state index in [1.54, 1.807) is 23.5 Å². The van der Waals surface area contributed by atoms with E-state index in [0.717, 1.165) is 25.0 Å². The van der Waals surface area contributed by atoms with E-state index in [0.29, 0.717) is 5.69 Å². The van der Waals surface area contributed by atoms with Crippen LogP contribution in [0, 0.1) is 13.8 Å². The number of fused-ring (bicyclic) bond motifs is 1. The average molecular weight is 591 g/mol. The molecule has 1 aromatic heterocycles. The lowest BCUT2D eigenvalue weighted by molar-refractivity contribution is 0.592. The van der Waals surface area contributed by atoms with Gasteiger partial charge in [-0.15, -0.1) is 11.3 Å². The maximum absolute atomic E-state index is 13.7. The molecule has 0 unspecified atom stereocenters. The molecule has 0 N–H and O–H groups in total. The van der Waals surface area contributed by atoms with Crippen molar-refractivity contribution in [1.82, 2.24) is 0 Å². The van der Waals surface area contributed by atoms with Gasteiger partial charge >= 0.3 is 0 Å². The van der Waals surface area contributed by atoms with Crippen LogP contribution in [0.3, 0.4) is 0 Å². The summed E-state index contributed by atoms with van der Waals surface area (Å²) < 4.78 is 31.7. The molecule has 164 valence electrons. The van der Waals surface area contributed by atoms with Crippen molar-refractivity contribution in [2.24, 2.45) is 0 Å². The summed E-state index contributed by atoms with van der Waals surface area (Å²) in [5.74, 6) is 0. The quantitative estimate of drug-likeness (QED) is 0.229. The molecule has 0 aliphatic rings. The number of sulfonamides is 1. The molecule has 1 heterocycles. The van der Waals surface area contributed by atoms with E-state index in [2.05, 4.69) is 50.1 Å². The van der Waals surface area contributed by atoms with Crippen LogP contribution in [0.25, 0.3) is 16.2 Å². The fraction of sp³-hybridized carbons (Fsp3) is 0.120. The normalized spacial score (nSPS) is 12.3. The first-order chi connectivity index (χ1) is 15.2. The van der Waals surface area contributed by atoms with Crippen molar-refractivity contribution >= 4 is 75.1 Å². The largest absolute Gasteiger partial charge is 0.264 e. The number of anilines is 1. The van der Waals surface area contributed by atoms with E-state index in [1.165, 1.54) is 14.4 Å². The molecule has 0 amide bonds. The standard InChI is InChI=1S/C25H21Br2NO2S2/c1-17-7-11-23(12-8-17)32(29,30)28(24-15-20(26)10-9-18(24)2)16-21(27)14-22-13-19-5-3-4-6-25(19)31-22/h3-15H,16H2,1-2H3/b21-14-. The van der Waals surface area contributed by atoms with Crippen LogP contribution in [0.5, 0.6) is 0 Å². The fourth-order valence-electron chi connectivity index (χ4n) is 3.40. The van der Waals surface area contributed by atoms with E-state index >= 15 is 0 Å². The molecular weight excluding hydrogens is 570 g/mol. The summed E-state index contributed by atoms with van der Waals surface area (Å²) in [6.45, 7) is 4.04. The van der Waals surface area contributed by atoms with Crippen LogP contribution in [0.4, 0.5) is 5.69 Å². The smallest absolute Gasteiger partial charge is 0.261 e. The Morgan fingerprint density at radius 3 is 2.44 bits per heavy atom. The van der Waals surface area contributed by atoms with Gasteiger partial charge in [-0.25, -0.2) is 8.42 Å². The fourth-order valence-corrected chi connectivity index (χ4v) is 7.09. The molecule has 0 bridgehead atoms. The third-order valence-corrected chi connectivity index (χ3v) is 8.90. The van der Waals surface area contributed by atoms with E-state index < -0.39 is 10.0 Å². The van der Waals surface area contributed by atoms with Crippen molar-refractivity contribution in [3.63, 3.8) is 0 Å². The number of rotatable bonds is 6. The zero-order chi connectivity index (χ0) is 22.9. The highest BCUT2D eigenvalue weighted by atomic mass is 79.9. The van der Waals surface area contributed by atoms with E-state index in [-0.39, 0.29) is 11.4 Å². The Balaban J connectivity index is 1.76. The third-order valence-electron chi connectivity index (χ3n) is 5.09. The highest BCUT2D eigenvalue weighted by Gasteiger charge is 2.27. The number of aryl methyl sites for hydroxylation is 2. The van der Waals surface area contributed by atoms with Gasteiger partial charge in [0.2, 0.25) is 0 Å². The van der Waals surface area contributed by atoms with E-state index in [1.807, 2.05) is 62.4 Å². The van der Waals surface area contributed by atoms with Crippen molar-refractivity contribution in [2.45, 2.75) is 18.7 Å². The van der Waals surface area contributed by atoms with E-state index in [4.69, 9.17) is 0 Å². The number of halogens is 2. The minimum Gasteiger partial charge on any atom is -0.261 e. The molecule has 32 heavy (non-hydrogen) atoms. The van der Waals surface area contributed by atoms with Crippen molar-refractivity contribution < 1.29 is 8.42 Å². The average Bonchev–Trinajstić information content (AvgIpc) is 3.16. The molecule has 3 nitrogen and oxygen atoms in total. The van der Waals surface area contributed by atoms with Crippen LogP contribution in [0.15, 0.2) is 86.6 Å². The summed E-state index contributed by atoms with van der Waals surface area (Å²) in [4.78, 5) is 1.33. The van der Waals surface area contributed by atoms with Gasteiger partial charge in [0.15, 0.2) is 0 Å². The van der Waals surface area contributed by atoms with Gasteiger partial charge in [-0.2, -0.15) is 0 Å². The van der Waals surface area contributed by atoms with Gasteiger partial charge in [-0.05, 0) is 67.3 Å². The first-order valence-electron chi connectivity index (χ1n) is 9.94. The van der Waals surface area contributed by atoms with Gasteiger partial charge in [0.1, 0.15) is 0 Å². The topological polar surface area (TPSA) is 37.4 Å². The maximum Gasteiger partial charge on any atom is 0.264 e. The summed E-state index contributed by atoms with van der Waals surface area (Å²) in [5, 5.41) is 1.18. The zero-order valence-corrected chi connectivity index (χ0v) is 22.4. The monoisotopic (exact) mass is 589 g/mol. The summed E-state index contributed by atoms with van der Waals surface area (Å²) in [5.41, 5.74) is 2.53. The van der Waals surface area contributed by atoms with Crippen LogP contribution in [0.1, 0.15) is 16.0 Å². The molecule has 0 fully saturated rings. The molecule has 4 aromatic rings. The van der Waals surface area contributed by atoms with Gasteiger partial charge in [0.25, 0.3) is 10.0 Å². The molecule has 0 saturated carbocycles. The Labute approximate surface area is 209 Å². The van der Waals surface area contributed by atoms with Crippen molar-refractivity contribution in [2.75, 3.05) is 10.8 Å². The zero-order valence-electron chi connectivity index (χ0n) is 17.5. The Bertz CT molecular complexity index is 1370. The summed E-state index contributed by atoms with van der Waals surface area (Å²) in [6.07, 6.45) is 2.00. The van der Waals surface area contributed by atoms with Crippen molar-refractivity contribution in [3.05, 3.63) is 97.8 Å². The lowest BCUT2D eigenvalue weighted by Gasteiger charge is -2.26.